The first kappa shape index (κ1) is 16.2. The fourth-order valence-electron chi connectivity index (χ4n) is 3.28. The van der Waals surface area contributed by atoms with Crippen molar-refractivity contribution in [1.29, 1.82) is 0 Å². The first-order chi connectivity index (χ1) is 11.3. The van der Waals surface area contributed by atoms with Crippen LogP contribution in [0.5, 0.6) is 0 Å². The lowest BCUT2D eigenvalue weighted by molar-refractivity contribution is 0.0517. The molecule has 1 aliphatic rings. The van der Waals surface area contributed by atoms with Crippen molar-refractivity contribution in [2.24, 2.45) is 5.92 Å². The van der Waals surface area contributed by atoms with Gasteiger partial charge >= 0.3 is 0 Å². The maximum absolute atomic E-state index is 5.54. The van der Waals surface area contributed by atoms with Gasteiger partial charge in [-0.05, 0) is 32.6 Å². The average molecular weight is 317 g/mol. The Balaban J connectivity index is 1.74. The fourth-order valence-corrected chi connectivity index (χ4v) is 3.28. The molecule has 0 aliphatic carbocycles. The monoisotopic (exact) mass is 317 g/mol. The van der Waals surface area contributed by atoms with E-state index in [1.165, 1.54) is 5.56 Å². The van der Waals surface area contributed by atoms with E-state index in [-0.39, 0.29) is 6.04 Å². The quantitative estimate of drug-likeness (QED) is 0.852. The average Bonchev–Trinajstić information content (AvgIpc) is 3.25. The zero-order valence-electron chi connectivity index (χ0n) is 14.1. The minimum atomic E-state index is 0.263. The highest BCUT2D eigenvalue weighted by atomic mass is 16.5. The van der Waals surface area contributed by atoms with Gasteiger partial charge in [-0.25, -0.2) is 4.98 Å². The van der Waals surface area contributed by atoms with E-state index in [0.29, 0.717) is 5.92 Å². The van der Waals surface area contributed by atoms with Crippen molar-refractivity contribution in [2.45, 2.75) is 52.4 Å². The standard InChI is InChI=1S/C17H27N5O/c1-3-21-8-7-18-17(21)16(15-5-9-23-10-6-15)19-11-14-12-20-22(4-2)13-14/h7-8,12-13,15-16,19H,3-6,9-11H2,1-2H3/t16-/m1/s1. The lowest BCUT2D eigenvalue weighted by Gasteiger charge is -2.31. The van der Waals surface area contributed by atoms with Crippen LogP contribution in [-0.2, 0) is 24.4 Å². The number of imidazole rings is 1. The van der Waals surface area contributed by atoms with Crippen LogP contribution in [0.2, 0.25) is 0 Å². The molecule has 0 amide bonds. The summed E-state index contributed by atoms with van der Waals surface area (Å²) in [7, 11) is 0. The van der Waals surface area contributed by atoms with Crippen LogP contribution in [0.4, 0.5) is 0 Å². The number of nitrogens with zero attached hydrogens (tertiary/aromatic N) is 4. The van der Waals surface area contributed by atoms with Gasteiger partial charge in [0, 0.05) is 57.0 Å². The third-order valence-electron chi connectivity index (χ3n) is 4.64. The molecule has 2 aromatic rings. The molecule has 0 radical (unpaired) electrons. The molecule has 2 aromatic heterocycles. The molecular formula is C17H27N5O. The molecule has 0 aromatic carbocycles. The Morgan fingerprint density at radius 1 is 1.30 bits per heavy atom. The third-order valence-corrected chi connectivity index (χ3v) is 4.64. The Labute approximate surface area is 137 Å². The molecule has 3 heterocycles. The summed E-state index contributed by atoms with van der Waals surface area (Å²) < 4.78 is 9.74. The van der Waals surface area contributed by atoms with E-state index in [0.717, 1.165) is 51.5 Å². The highest BCUT2D eigenvalue weighted by molar-refractivity contribution is 5.07. The van der Waals surface area contributed by atoms with E-state index in [1.807, 2.05) is 17.1 Å². The SMILES string of the molecule is CCn1cc(CN[C@@H](c2nccn2CC)C2CCOCC2)cn1. The lowest BCUT2D eigenvalue weighted by Crippen LogP contribution is -2.33. The van der Waals surface area contributed by atoms with Gasteiger partial charge in [0.1, 0.15) is 5.82 Å². The van der Waals surface area contributed by atoms with Crippen molar-refractivity contribution in [3.8, 4) is 0 Å². The summed E-state index contributed by atoms with van der Waals surface area (Å²) in [6, 6.07) is 0.263. The summed E-state index contributed by atoms with van der Waals surface area (Å²) in [6.07, 6.45) is 10.2. The zero-order valence-corrected chi connectivity index (χ0v) is 14.1. The van der Waals surface area contributed by atoms with Crippen molar-refractivity contribution in [1.82, 2.24) is 24.6 Å². The molecular weight excluding hydrogens is 290 g/mol. The van der Waals surface area contributed by atoms with Crippen LogP contribution in [0, 0.1) is 5.92 Å². The van der Waals surface area contributed by atoms with Crippen LogP contribution in [-0.4, -0.2) is 32.5 Å². The van der Waals surface area contributed by atoms with E-state index in [2.05, 4.69) is 46.2 Å². The van der Waals surface area contributed by atoms with Gasteiger partial charge in [-0.3, -0.25) is 4.68 Å². The number of hydrogen-bond donors (Lipinski definition) is 1. The predicted molar refractivity (Wildman–Crippen MR) is 88.9 cm³/mol. The van der Waals surface area contributed by atoms with E-state index >= 15 is 0 Å². The number of nitrogens with one attached hydrogen (secondary N) is 1. The Morgan fingerprint density at radius 2 is 2.13 bits per heavy atom. The van der Waals surface area contributed by atoms with Crippen LogP contribution < -0.4 is 5.32 Å². The maximum atomic E-state index is 5.54. The van der Waals surface area contributed by atoms with Gasteiger partial charge < -0.3 is 14.6 Å². The fraction of sp³-hybridized carbons (Fsp3) is 0.647. The summed E-state index contributed by atoms with van der Waals surface area (Å²) in [4.78, 5) is 4.64. The molecule has 0 unspecified atom stereocenters. The van der Waals surface area contributed by atoms with Gasteiger partial charge in [0.2, 0.25) is 0 Å². The van der Waals surface area contributed by atoms with Crippen molar-refractivity contribution in [3.05, 3.63) is 36.2 Å². The van der Waals surface area contributed by atoms with E-state index in [1.54, 1.807) is 0 Å². The minimum Gasteiger partial charge on any atom is -0.381 e. The molecule has 0 bridgehead atoms. The maximum Gasteiger partial charge on any atom is 0.126 e. The van der Waals surface area contributed by atoms with Crippen LogP contribution in [0.25, 0.3) is 0 Å². The van der Waals surface area contributed by atoms with Crippen LogP contribution in [0.15, 0.2) is 24.8 Å². The topological polar surface area (TPSA) is 56.9 Å². The van der Waals surface area contributed by atoms with Crippen molar-refractivity contribution < 1.29 is 4.74 Å². The van der Waals surface area contributed by atoms with E-state index in [4.69, 9.17) is 4.74 Å². The first-order valence-electron chi connectivity index (χ1n) is 8.65. The predicted octanol–water partition coefficient (Wildman–Crippen LogP) is 2.38. The van der Waals surface area contributed by atoms with Gasteiger partial charge in [0.05, 0.1) is 12.2 Å². The second kappa shape index (κ2) is 7.75. The number of aromatic nitrogens is 4. The highest BCUT2D eigenvalue weighted by Gasteiger charge is 2.28. The zero-order chi connectivity index (χ0) is 16.1. The molecule has 0 saturated carbocycles. The van der Waals surface area contributed by atoms with Crippen LogP contribution in [0.3, 0.4) is 0 Å². The van der Waals surface area contributed by atoms with Crippen LogP contribution in [0.1, 0.15) is 44.1 Å². The summed E-state index contributed by atoms with van der Waals surface area (Å²) in [5.74, 6) is 1.71. The molecule has 0 spiro atoms. The molecule has 3 rings (SSSR count). The lowest BCUT2D eigenvalue weighted by atomic mass is 9.91. The summed E-state index contributed by atoms with van der Waals surface area (Å²) >= 11 is 0. The molecule has 1 aliphatic heterocycles. The second-order valence-corrected chi connectivity index (χ2v) is 6.08. The van der Waals surface area contributed by atoms with Crippen molar-refractivity contribution in [2.75, 3.05) is 13.2 Å². The van der Waals surface area contributed by atoms with Gasteiger partial charge in [0.25, 0.3) is 0 Å². The largest absolute Gasteiger partial charge is 0.381 e. The normalized spacial score (nSPS) is 17.5. The number of ether oxygens (including phenoxy) is 1. The smallest absolute Gasteiger partial charge is 0.126 e. The molecule has 23 heavy (non-hydrogen) atoms. The molecule has 1 N–H and O–H groups in total. The third kappa shape index (κ3) is 3.82. The van der Waals surface area contributed by atoms with E-state index in [9.17, 15) is 0 Å². The Hall–Kier alpha value is -1.66. The molecule has 1 saturated heterocycles. The van der Waals surface area contributed by atoms with E-state index < -0.39 is 0 Å². The van der Waals surface area contributed by atoms with Gasteiger partial charge in [0.15, 0.2) is 0 Å². The Bertz CT molecular complexity index is 600. The van der Waals surface area contributed by atoms with Gasteiger partial charge in [-0.1, -0.05) is 0 Å². The minimum absolute atomic E-state index is 0.263. The molecule has 1 atom stereocenters. The van der Waals surface area contributed by atoms with Crippen molar-refractivity contribution in [3.63, 3.8) is 0 Å². The molecule has 6 nitrogen and oxygen atoms in total. The Kier molecular flexibility index (Phi) is 5.46. The Morgan fingerprint density at radius 3 is 2.83 bits per heavy atom. The number of hydrogen-bond acceptors (Lipinski definition) is 4. The number of rotatable bonds is 7. The van der Waals surface area contributed by atoms with Gasteiger partial charge in [-0.2, -0.15) is 5.10 Å². The van der Waals surface area contributed by atoms with Crippen LogP contribution >= 0.6 is 0 Å². The second-order valence-electron chi connectivity index (χ2n) is 6.08. The first-order valence-corrected chi connectivity index (χ1v) is 8.65. The number of aryl methyl sites for hydroxylation is 2. The highest BCUT2D eigenvalue weighted by Crippen LogP contribution is 2.29. The van der Waals surface area contributed by atoms with Crippen molar-refractivity contribution >= 4 is 0 Å². The molecule has 126 valence electrons. The molecule has 1 fully saturated rings. The molecule has 6 heteroatoms. The summed E-state index contributed by atoms with van der Waals surface area (Å²) in [6.45, 7) is 8.64. The summed E-state index contributed by atoms with van der Waals surface area (Å²) in [5, 5.41) is 8.09. The summed E-state index contributed by atoms with van der Waals surface area (Å²) in [5.41, 5.74) is 1.22. The van der Waals surface area contributed by atoms with Gasteiger partial charge in [-0.15, -0.1) is 0 Å².